The van der Waals surface area contributed by atoms with Crippen LogP contribution in [-0.4, -0.2) is 11.1 Å². The lowest BCUT2D eigenvalue weighted by atomic mass is 10.0. The normalized spacial score (nSPS) is 10.5. The van der Waals surface area contributed by atoms with Gasteiger partial charge in [-0.15, -0.1) is 0 Å². The standard InChI is InChI=1S/C21H16Br2O2/c22-13-20(24)19-12-18(23)10-11-21(19)25-14-15-6-8-17(9-7-15)16-4-2-1-3-5-16/h1-12H,13-14H2. The number of alkyl halides is 1. The molecule has 0 N–H and O–H groups in total. The summed E-state index contributed by atoms with van der Waals surface area (Å²) in [5.41, 5.74) is 3.99. The fourth-order valence-corrected chi connectivity index (χ4v) is 3.17. The quantitative estimate of drug-likeness (QED) is 0.320. The van der Waals surface area contributed by atoms with Crippen LogP contribution in [0.3, 0.4) is 0 Å². The van der Waals surface area contributed by atoms with E-state index in [0.717, 1.165) is 10.0 Å². The van der Waals surface area contributed by atoms with Crippen molar-refractivity contribution in [2.24, 2.45) is 0 Å². The third-order valence-electron chi connectivity index (χ3n) is 3.82. The minimum Gasteiger partial charge on any atom is -0.488 e. The van der Waals surface area contributed by atoms with Crippen LogP contribution in [0.25, 0.3) is 11.1 Å². The highest BCUT2D eigenvalue weighted by molar-refractivity contribution is 9.10. The highest BCUT2D eigenvalue weighted by Gasteiger charge is 2.12. The number of rotatable bonds is 6. The van der Waals surface area contributed by atoms with E-state index in [-0.39, 0.29) is 11.1 Å². The first-order valence-electron chi connectivity index (χ1n) is 7.83. The van der Waals surface area contributed by atoms with Crippen LogP contribution in [0.2, 0.25) is 0 Å². The zero-order valence-corrected chi connectivity index (χ0v) is 16.6. The molecular formula is C21H16Br2O2. The van der Waals surface area contributed by atoms with E-state index in [1.54, 1.807) is 6.07 Å². The van der Waals surface area contributed by atoms with Gasteiger partial charge in [0.25, 0.3) is 0 Å². The molecular weight excluding hydrogens is 444 g/mol. The summed E-state index contributed by atoms with van der Waals surface area (Å²) in [6, 6.07) is 24.0. The molecule has 2 nitrogen and oxygen atoms in total. The molecule has 0 spiro atoms. The molecule has 25 heavy (non-hydrogen) atoms. The summed E-state index contributed by atoms with van der Waals surface area (Å²) in [5.74, 6) is 0.593. The van der Waals surface area contributed by atoms with Crippen LogP contribution in [0.15, 0.2) is 77.3 Å². The molecule has 3 aromatic rings. The Morgan fingerprint density at radius 2 is 1.56 bits per heavy atom. The van der Waals surface area contributed by atoms with Gasteiger partial charge in [-0.25, -0.2) is 0 Å². The van der Waals surface area contributed by atoms with Gasteiger partial charge in [0, 0.05) is 4.47 Å². The molecule has 0 saturated carbocycles. The first-order chi connectivity index (χ1) is 12.2. The first-order valence-corrected chi connectivity index (χ1v) is 9.74. The molecule has 3 aromatic carbocycles. The average molecular weight is 460 g/mol. The van der Waals surface area contributed by atoms with Crippen LogP contribution in [-0.2, 0) is 6.61 Å². The maximum atomic E-state index is 12.1. The molecule has 0 bridgehead atoms. The van der Waals surface area contributed by atoms with Gasteiger partial charge in [-0.05, 0) is 34.9 Å². The van der Waals surface area contributed by atoms with E-state index in [1.165, 1.54) is 11.1 Å². The van der Waals surface area contributed by atoms with Crippen LogP contribution in [0.1, 0.15) is 15.9 Å². The Balaban J connectivity index is 1.73. The number of hydrogen-bond acceptors (Lipinski definition) is 2. The monoisotopic (exact) mass is 458 g/mol. The van der Waals surface area contributed by atoms with E-state index >= 15 is 0 Å². The molecule has 4 heteroatoms. The van der Waals surface area contributed by atoms with Crippen molar-refractivity contribution in [3.63, 3.8) is 0 Å². The van der Waals surface area contributed by atoms with E-state index in [1.807, 2.05) is 42.5 Å². The summed E-state index contributed by atoms with van der Waals surface area (Å²) in [5, 5.41) is 0.269. The Morgan fingerprint density at radius 1 is 0.880 bits per heavy atom. The molecule has 0 radical (unpaired) electrons. The Kier molecular flexibility index (Phi) is 6.05. The van der Waals surface area contributed by atoms with Gasteiger partial charge in [0.1, 0.15) is 12.4 Å². The molecule has 0 unspecified atom stereocenters. The number of halogens is 2. The molecule has 0 aromatic heterocycles. The number of carbonyl (C=O) groups is 1. The molecule has 0 atom stereocenters. The predicted octanol–water partition coefficient (Wildman–Crippen LogP) is 6.27. The lowest BCUT2D eigenvalue weighted by molar-refractivity contribution is 0.101. The molecule has 0 heterocycles. The Hall–Kier alpha value is -1.91. The van der Waals surface area contributed by atoms with Crippen molar-refractivity contribution >= 4 is 37.6 Å². The number of ketones is 1. The van der Waals surface area contributed by atoms with Crippen LogP contribution in [0.4, 0.5) is 0 Å². The Morgan fingerprint density at radius 3 is 2.24 bits per heavy atom. The van der Waals surface area contributed by atoms with Crippen molar-refractivity contribution in [3.05, 3.63) is 88.4 Å². The number of ether oxygens (including phenoxy) is 1. The maximum Gasteiger partial charge on any atom is 0.177 e. The number of Topliss-reactive ketones (excluding diaryl/α,β-unsaturated/α-hetero) is 1. The van der Waals surface area contributed by atoms with Crippen molar-refractivity contribution in [2.75, 3.05) is 5.33 Å². The number of carbonyl (C=O) groups excluding carboxylic acids is 1. The molecule has 0 fully saturated rings. The van der Waals surface area contributed by atoms with Gasteiger partial charge in [0.15, 0.2) is 5.78 Å². The SMILES string of the molecule is O=C(CBr)c1cc(Br)ccc1OCc1ccc(-c2ccccc2)cc1. The van der Waals surface area contributed by atoms with Gasteiger partial charge >= 0.3 is 0 Å². The minimum atomic E-state index is -0.00396. The zero-order chi connectivity index (χ0) is 17.6. The van der Waals surface area contributed by atoms with Gasteiger partial charge in [0.05, 0.1) is 10.9 Å². The lowest BCUT2D eigenvalue weighted by Gasteiger charge is -2.11. The van der Waals surface area contributed by atoms with E-state index in [2.05, 4.69) is 56.1 Å². The largest absolute Gasteiger partial charge is 0.488 e. The highest BCUT2D eigenvalue weighted by Crippen LogP contribution is 2.26. The topological polar surface area (TPSA) is 26.3 Å². The fourth-order valence-electron chi connectivity index (χ4n) is 2.50. The van der Waals surface area contributed by atoms with Crippen molar-refractivity contribution in [1.82, 2.24) is 0 Å². The summed E-state index contributed by atoms with van der Waals surface area (Å²) >= 11 is 6.61. The van der Waals surface area contributed by atoms with Crippen molar-refractivity contribution < 1.29 is 9.53 Å². The van der Waals surface area contributed by atoms with Gasteiger partial charge < -0.3 is 4.74 Å². The predicted molar refractivity (Wildman–Crippen MR) is 108 cm³/mol. The Bertz CT molecular complexity index is 859. The molecule has 0 aliphatic rings. The summed E-state index contributed by atoms with van der Waals surface area (Å²) in [6.07, 6.45) is 0. The highest BCUT2D eigenvalue weighted by atomic mass is 79.9. The van der Waals surface area contributed by atoms with Gasteiger partial charge in [-0.3, -0.25) is 4.79 Å². The molecule has 0 saturated heterocycles. The fraction of sp³-hybridized carbons (Fsp3) is 0.0952. The third kappa shape index (κ3) is 4.59. The van der Waals surface area contributed by atoms with Crippen LogP contribution >= 0.6 is 31.9 Å². The second kappa shape index (κ2) is 8.45. The van der Waals surface area contributed by atoms with E-state index in [0.29, 0.717) is 17.9 Å². The van der Waals surface area contributed by atoms with Crippen molar-refractivity contribution in [3.8, 4) is 16.9 Å². The molecule has 3 rings (SSSR count). The lowest BCUT2D eigenvalue weighted by Crippen LogP contribution is -2.05. The second-order valence-corrected chi connectivity index (χ2v) is 7.03. The third-order valence-corrected chi connectivity index (χ3v) is 4.82. The second-order valence-electron chi connectivity index (χ2n) is 5.55. The first kappa shape index (κ1) is 17.9. The minimum absolute atomic E-state index is 0.00396. The van der Waals surface area contributed by atoms with Crippen LogP contribution in [0.5, 0.6) is 5.75 Å². The van der Waals surface area contributed by atoms with Gasteiger partial charge in [0.2, 0.25) is 0 Å². The molecule has 0 aliphatic carbocycles. The Labute approximate surface area is 164 Å². The average Bonchev–Trinajstić information content (AvgIpc) is 2.67. The van der Waals surface area contributed by atoms with E-state index in [4.69, 9.17) is 4.74 Å². The van der Waals surface area contributed by atoms with Gasteiger partial charge in [-0.2, -0.15) is 0 Å². The number of hydrogen-bond donors (Lipinski definition) is 0. The maximum absolute atomic E-state index is 12.1. The summed E-state index contributed by atoms with van der Waals surface area (Å²) in [4.78, 5) is 12.1. The zero-order valence-electron chi connectivity index (χ0n) is 13.4. The summed E-state index contributed by atoms with van der Waals surface area (Å²) in [6.45, 7) is 0.416. The molecule has 126 valence electrons. The summed E-state index contributed by atoms with van der Waals surface area (Å²) < 4.78 is 6.74. The molecule has 0 amide bonds. The van der Waals surface area contributed by atoms with Crippen LogP contribution < -0.4 is 4.74 Å². The van der Waals surface area contributed by atoms with E-state index < -0.39 is 0 Å². The van der Waals surface area contributed by atoms with E-state index in [9.17, 15) is 4.79 Å². The number of benzene rings is 3. The summed E-state index contributed by atoms with van der Waals surface area (Å²) in [7, 11) is 0. The van der Waals surface area contributed by atoms with Crippen LogP contribution in [0, 0.1) is 0 Å². The smallest absolute Gasteiger partial charge is 0.177 e. The van der Waals surface area contributed by atoms with Crippen molar-refractivity contribution in [1.29, 1.82) is 0 Å². The molecule has 0 aliphatic heterocycles. The van der Waals surface area contributed by atoms with Crippen molar-refractivity contribution in [2.45, 2.75) is 6.61 Å². The van der Waals surface area contributed by atoms with Gasteiger partial charge in [-0.1, -0.05) is 86.5 Å².